The largest absolute Gasteiger partial charge is 0.254 e. The Morgan fingerprint density at radius 2 is 1.45 bits per heavy atom. The van der Waals surface area contributed by atoms with Gasteiger partial charge in [-0.15, -0.1) is 0 Å². The monoisotopic (exact) mass is 282 g/mol. The molecule has 0 spiro atoms. The summed E-state index contributed by atoms with van der Waals surface area (Å²) < 4.78 is 0. The van der Waals surface area contributed by atoms with Gasteiger partial charge in [-0.3, -0.25) is 4.99 Å². The van der Waals surface area contributed by atoms with Gasteiger partial charge in [-0.05, 0) is 23.6 Å². The quantitative estimate of drug-likeness (QED) is 0.467. The molecular formula is C20H14N2. The van der Waals surface area contributed by atoms with E-state index in [1.54, 1.807) is 0 Å². The SMILES string of the molecule is C(=Nc1cccc2ccccc12)c1ccc2ccccc2n1. The van der Waals surface area contributed by atoms with Gasteiger partial charge in [0.15, 0.2) is 0 Å². The summed E-state index contributed by atoms with van der Waals surface area (Å²) in [5.74, 6) is 0. The summed E-state index contributed by atoms with van der Waals surface area (Å²) in [5.41, 5.74) is 2.82. The lowest BCUT2D eigenvalue weighted by molar-refractivity contribution is 1.37. The van der Waals surface area contributed by atoms with Crippen molar-refractivity contribution >= 4 is 33.6 Å². The first kappa shape index (κ1) is 12.7. The van der Waals surface area contributed by atoms with Crippen molar-refractivity contribution in [3.63, 3.8) is 0 Å². The number of benzene rings is 3. The average molecular weight is 282 g/mol. The van der Waals surface area contributed by atoms with E-state index in [1.165, 1.54) is 5.39 Å². The number of aromatic nitrogens is 1. The topological polar surface area (TPSA) is 25.2 Å². The summed E-state index contributed by atoms with van der Waals surface area (Å²) in [6, 6.07) is 26.6. The number of rotatable bonds is 2. The molecule has 0 fully saturated rings. The molecule has 0 N–H and O–H groups in total. The van der Waals surface area contributed by atoms with Crippen LogP contribution in [0.5, 0.6) is 0 Å². The zero-order valence-corrected chi connectivity index (χ0v) is 12.0. The molecule has 3 aromatic carbocycles. The van der Waals surface area contributed by atoms with E-state index < -0.39 is 0 Å². The minimum absolute atomic E-state index is 0.867. The third kappa shape index (κ3) is 2.35. The highest BCUT2D eigenvalue weighted by atomic mass is 14.8. The fraction of sp³-hybridized carbons (Fsp3) is 0. The Bertz CT molecular complexity index is 981. The summed E-state index contributed by atoms with van der Waals surface area (Å²) in [7, 11) is 0. The van der Waals surface area contributed by atoms with E-state index >= 15 is 0 Å². The average Bonchev–Trinajstić information content (AvgIpc) is 2.60. The number of fused-ring (bicyclic) bond motifs is 2. The summed E-state index contributed by atoms with van der Waals surface area (Å²) in [5, 5.41) is 3.50. The van der Waals surface area contributed by atoms with Gasteiger partial charge in [0.05, 0.1) is 23.1 Å². The van der Waals surface area contributed by atoms with Crippen molar-refractivity contribution in [2.75, 3.05) is 0 Å². The second kappa shape index (κ2) is 5.41. The smallest absolute Gasteiger partial charge is 0.0820 e. The summed E-state index contributed by atoms with van der Waals surface area (Å²) >= 11 is 0. The Kier molecular flexibility index (Phi) is 3.13. The van der Waals surface area contributed by atoms with E-state index in [1.807, 2.05) is 54.7 Å². The number of hydrogen-bond acceptors (Lipinski definition) is 2. The van der Waals surface area contributed by atoms with Gasteiger partial charge in [0.1, 0.15) is 0 Å². The highest BCUT2D eigenvalue weighted by Gasteiger charge is 1.99. The highest BCUT2D eigenvalue weighted by Crippen LogP contribution is 2.25. The van der Waals surface area contributed by atoms with Crippen molar-refractivity contribution < 1.29 is 0 Å². The molecule has 0 atom stereocenters. The lowest BCUT2D eigenvalue weighted by Crippen LogP contribution is -1.87. The van der Waals surface area contributed by atoms with E-state index in [-0.39, 0.29) is 0 Å². The van der Waals surface area contributed by atoms with E-state index in [0.717, 1.165) is 27.7 Å². The Morgan fingerprint density at radius 1 is 0.682 bits per heavy atom. The van der Waals surface area contributed by atoms with Crippen LogP contribution in [0.3, 0.4) is 0 Å². The molecule has 1 heterocycles. The van der Waals surface area contributed by atoms with Gasteiger partial charge in [-0.25, -0.2) is 4.98 Å². The second-order valence-electron chi connectivity index (χ2n) is 5.19. The van der Waals surface area contributed by atoms with E-state index in [0.29, 0.717) is 0 Å². The van der Waals surface area contributed by atoms with Gasteiger partial charge in [-0.2, -0.15) is 0 Å². The summed E-state index contributed by atoms with van der Waals surface area (Å²) in [6.45, 7) is 0. The first-order valence-electron chi connectivity index (χ1n) is 7.28. The van der Waals surface area contributed by atoms with Crippen LogP contribution in [-0.4, -0.2) is 11.2 Å². The molecule has 0 aliphatic heterocycles. The maximum absolute atomic E-state index is 4.62. The Balaban J connectivity index is 1.75. The fourth-order valence-corrected chi connectivity index (χ4v) is 2.61. The molecule has 104 valence electrons. The van der Waals surface area contributed by atoms with Crippen LogP contribution < -0.4 is 0 Å². The minimum atomic E-state index is 0.867. The van der Waals surface area contributed by atoms with Crippen molar-refractivity contribution in [1.82, 2.24) is 4.98 Å². The summed E-state index contributed by atoms with van der Waals surface area (Å²) in [4.78, 5) is 9.24. The normalized spacial score (nSPS) is 11.5. The van der Waals surface area contributed by atoms with Gasteiger partial charge < -0.3 is 0 Å². The summed E-state index contributed by atoms with van der Waals surface area (Å²) in [6.07, 6.45) is 1.83. The van der Waals surface area contributed by atoms with Crippen LogP contribution in [0.2, 0.25) is 0 Å². The number of pyridine rings is 1. The van der Waals surface area contributed by atoms with Crippen LogP contribution in [0, 0.1) is 0 Å². The third-order valence-corrected chi connectivity index (χ3v) is 3.72. The van der Waals surface area contributed by atoms with E-state index in [9.17, 15) is 0 Å². The van der Waals surface area contributed by atoms with E-state index in [4.69, 9.17) is 0 Å². The van der Waals surface area contributed by atoms with Crippen molar-refractivity contribution in [1.29, 1.82) is 0 Å². The molecule has 0 aliphatic carbocycles. The standard InChI is InChI=1S/C20H14N2/c1-3-9-18-15(6-1)8-5-11-20(18)21-14-17-13-12-16-7-2-4-10-19(16)22-17/h1-14H. The number of aliphatic imine (C=N–C) groups is 1. The molecule has 0 unspecified atom stereocenters. The molecule has 0 amide bonds. The Labute approximate surface area is 128 Å². The van der Waals surface area contributed by atoms with Crippen LogP contribution in [0.1, 0.15) is 5.69 Å². The highest BCUT2D eigenvalue weighted by molar-refractivity contribution is 5.95. The zero-order valence-electron chi connectivity index (χ0n) is 12.0. The van der Waals surface area contributed by atoms with Crippen molar-refractivity contribution in [3.8, 4) is 0 Å². The Hall–Kier alpha value is -3.00. The third-order valence-electron chi connectivity index (χ3n) is 3.72. The molecular weight excluding hydrogens is 268 g/mol. The number of hydrogen-bond donors (Lipinski definition) is 0. The van der Waals surface area contributed by atoms with Crippen molar-refractivity contribution in [2.45, 2.75) is 0 Å². The predicted octanol–water partition coefficient (Wildman–Crippen LogP) is 5.14. The van der Waals surface area contributed by atoms with Gasteiger partial charge in [0.2, 0.25) is 0 Å². The molecule has 2 heteroatoms. The van der Waals surface area contributed by atoms with Gasteiger partial charge in [0, 0.05) is 10.8 Å². The second-order valence-corrected chi connectivity index (χ2v) is 5.19. The van der Waals surface area contributed by atoms with Crippen LogP contribution in [0.25, 0.3) is 21.7 Å². The predicted molar refractivity (Wildman–Crippen MR) is 92.9 cm³/mol. The van der Waals surface area contributed by atoms with Gasteiger partial charge >= 0.3 is 0 Å². The van der Waals surface area contributed by atoms with Crippen molar-refractivity contribution in [2.24, 2.45) is 4.99 Å². The molecule has 22 heavy (non-hydrogen) atoms. The molecule has 0 radical (unpaired) electrons. The van der Waals surface area contributed by atoms with E-state index in [2.05, 4.69) is 40.3 Å². The molecule has 0 aliphatic rings. The lowest BCUT2D eigenvalue weighted by atomic mass is 10.1. The fourth-order valence-electron chi connectivity index (χ4n) is 2.61. The first-order chi connectivity index (χ1) is 10.9. The number of nitrogens with zero attached hydrogens (tertiary/aromatic N) is 2. The van der Waals surface area contributed by atoms with Crippen LogP contribution in [-0.2, 0) is 0 Å². The zero-order chi connectivity index (χ0) is 14.8. The number of para-hydroxylation sites is 1. The lowest BCUT2D eigenvalue weighted by Gasteiger charge is -2.01. The minimum Gasteiger partial charge on any atom is -0.254 e. The van der Waals surface area contributed by atoms with Gasteiger partial charge in [-0.1, -0.05) is 60.7 Å². The molecule has 0 saturated heterocycles. The van der Waals surface area contributed by atoms with Crippen molar-refractivity contribution in [3.05, 3.63) is 84.6 Å². The maximum Gasteiger partial charge on any atom is 0.0820 e. The van der Waals surface area contributed by atoms with Crippen LogP contribution >= 0.6 is 0 Å². The van der Waals surface area contributed by atoms with Crippen LogP contribution in [0.4, 0.5) is 5.69 Å². The molecule has 1 aromatic heterocycles. The molecule has 0 bridgehead atoms. The first-order valence-corrected chi connectivity index (χ1v) is 7.28. The molecule has 0 saturated carbocycles. The maximum atomic E-state index is 4.62. The molecule has 2 nitrogen and oxygen atoms in total. The molecule has 4 aromatic rings. The van der Waals surface area contributed by atoms with Gasteiger partial charge in [0.25, 0.3) is 0 Å². The Morgan fingerprint density at radius 3 is 2.41 bits per heavy atom. The van der Waals surface area contributed by atoms with Crippen LogP contribution in [0.15, 0.2) is 83.9 Å². The molecule has 4 rings (SSSR count).